The summed E-state index contributed by atoms with van der Waals surface area (Å²) in [6, 6.07) is 3.35. The molecule has 0 saturated heterocycles. The van der Waals surface area contributed by atoms with Gasteiger partial charge >= 0.3 is 5.97 Å². The van der Waals surface area contributed by atoms with E-state index in [1.165, 1.54) is 18.6 Å². The second kappa shape index (κ2) is 8.31. The molecule has 1 amide bonds. The first-order chi connectivity index (χ1) is 14.0. The number of nitrogens with one attached hydrogen (secondary N) is 1. The summed E-state index contributed by atoms with van der Waals surface area (Å²) in [7, 11) is 0. The fourth-order valence-electron chi connectivity index (χ4n) is 3.80. The topological polar surface area (TPSA) is 105 Å². The van der Waals surface area contributed by atoms with Crippen LogP contribution in [0.5, 0.6) is 0 Å². The van der Waals surface area contributed by atoms with E-state index in [4.69, 9.17) is 4.52 Å². The summed E-state index contributed by atoms with van der Waals surface area (Å²) >= 11 is 0. The first kappa shape index (κ1) is 19.5. The molecule has 0 radical (unpaired) electrons. The van der Waals surface area contributed by atoms with Gasteiger partial charge in [0, 0.05) is 18.3 Å². The van der Waals surface area contributed by atoms with Gasteiger partial charge in [0.1, 0.15) is 11.9 Å². The molecule has 0 spiro atoms. The van der Waals surface area contributed by atoms with E-state index in [9.17, 15) is 19.1 Å². The maximum atomic E-state index is 14.7. The fourth-order valence-corrected chi connectivity index (χ4v) is 3.80. The van der Waals surface area contributed by atoms with Crippen molar-refractivity contribution in [1.82, 2.24) is 15.5 Å². The van der Waals surface area contributed by atoms with Crippen LogP contribution in [-0.4, -0.2) is 33.2 Å². The van der Waals surface area contributed by atoms with E-state index in [1.807, 2.05) is 0 Å². The van der Waals surface area contributed by atoms with Crippen molar-refractivity contribution < 1.29 is 23.6 Å². The van der Waals surface area contributed by atoms with Crippen molar-refractivity contribution in [2.45, 2.75) is 63.3 Å². The van der Waals surface area contributed by atoms with E-state index < -0.39 is 17.8 Å². The molecule has 1 unspecified atom stereocenters. The first-order valence-electron chi connectivity index (χ1n) is 10.2. The lowest BCUT2D eigenvalue weighted by Crippen LogP contribution is -2.43. The largest absolute Gasteiger partial charge is 0.480 e. The van der Waals surface area contributed by atoms with Crippen LogP contribution in [0.25, 0.3) is 11.4 Å². The van der Waals surface area contributed by atoms with Gasteiger partial charge in [-0.2, -0.15) is 4.98 Å². The Morgan fingerprint density at radius 2 is 1.97 bits per heavy atom. The van der Waals surface area contributed by atoms with Crippen LogP contribution in [0.15, 0.2) is 22.7 Å². The number of aromatic nitrogens is 2. The number of benzene rings is 1. The van der Waals surface area contributed by atoms with Crippen molar-refractivity contribution in [3.63, 3.8) is 0 Å². The summed E-state index contributed by atoms with van der Waals surface area (Å²) in [6.07, 6.45) is 7.07. The monoisotopic (exact) mass is 401 g/mol. The number of rotatable bonds is 7. The smallest absolute Gasteiger partial charge is 0.326 e. The molecule has 2 N–H and O–H groups in total. The van der Waals surface area contributed by atoms with Gasteiger partial charge in [-0.05, 0) is 43.4 Å². The molecular formula is C21H24FN3O4. The maximum Gasteiger partial charge on any atom is 0.326 e. The van der Waals surface area contributed by atoms with Gasteiger partial charge in [0.2, 0.25) is 17.6 Å². The molecule has 1 atom stereocenters. The molecule has 1 aromatic heterocycles. The van der Waals surface area contributed by atoms with E-state index in [1.54, 1.807) is 6.07 Å². The lowest BCUT2D eigenvalue weighted by atomic mass is 9.89. The van der Waals surface area contributed by atoms with Gasteiger partial charge < -0.3 is 14.9 Å². The number of carbonyl (C=O) groups is 2. The maximum absolute atomic E-state index is 14.7. The van der Waals surface area contributed by atoms with E-state index >= 15 is 0 Å². The number of nitrogens with zero attached hydrogens (tertiary/aromatic N) is 2. The van der Waals surface area contributed by atoms with E-state index in [2.05, 4.69) is 15.5 Å². The highest BCUT2D eigenvalue weighted by molar-refractivity contribution is 5.86. The van der Waals surface area contributed by atoms with Crippen molar-refractivity contribution in [1.29, 1.82) is 0 Å². The van der Waals surface area contributed by atoms with Crippen molar-refractivity contribution in [2.24, 2.45) is 5.92 Å². The number of carbonyl (C=O) groups excluding carboxylic acids is 1. The molecule has 29 heavy (non-hydrogen) atoms. The molecule has 0 bridgehead atoms. The van der Waals surface area contributed by atoms with Gasteiger partial charge in [-0.3, -0.25) is 4.79 Å². The average Bonchev–Trinajstić information content (AvgIpc) is 3.46. The molecule has 0 aliphatic heterocycles. The van der Waals surface area contributed by atoms with Gasteiger partial charge in [0.25, 0.3) is 0 Å². The van der Waals surface area contributed by atoms with Crippen molar-refractivity contribution in [2.75, 3.05) is 0 Å². The van der Waals surface area contributed by atoms with E-state index in [-0.39, 0.29) is 35.6 Å². The van der Waals surface area contributed by atoms with Crippen LogP contribution < -0.4 is 5.32 Å². The number of hydrogen-bond donors (Lipinski definition) is 2. The number of aliphatic carboxylic acids is 1. The third-order valence-electron chi connectivity index (χ3n) is 5.67. The second-order valence-electron chi connectivity index (χ2n) is 7.98. The summed E-state index contributed by atoms with van der Waals surface area (Å²) in [5, 5.41) is 15.8. The predicted molar refractivity (Wildman–Crippen MR) is 102 cm³/mol. The molecule has 2 saturated carbocycles. The molecular weight excluding hydrogens is 377 g/mol. The van der Waals surface area contributed by atoms with Gasteiger partial charge in [-0.15, -0.1) is 0 Å². The number of amides is 1. The van der Waals surface area contributed by atoms with E-state index in [0.717, 1.165) is 38.5 Å². The third-order valence-corrected chi connectivity index (χ3v) is 5.67. The van der Waals surface area contributed by atoms with Crippen LogP contribution in [0, 0.1) is 11.7 Å². The molecule has 2 fully saturated rings. The third kappa shape index (κ3) is 4.63. The lowest BCUT2D eigenvalue weighted by molar-refractivity contribution is -0.142. The molecule has 2 aliphatic rings. The number of carboxylic acid groups (broad SMARTS) is 1. The number of carboxylic acids is 1. The molecule has 1 aromatic carbocycles. The van der Waals surface area contributed by atoms with Gasteiger partial charge in [0.15, 0.2) is 0 Å². The van der Waals surface area contributed by atoms with Crippen LogP contribution in [0.3, 0.4) is 0 Å². The first-order valence-corrected chi connectivity index (χ1v) is 10.2. The fraction of sp³-hybridized carbons (Fsp3) is 0.524. The Morgan fingerprint density at radius 3 is 2.62 bits per heavy atom. The molecule has 7 nitrogen and oxygen atoms in total. The van der Waals surface area contributed by atoms with Crippen LogP contribution in [0.1, 0.15) is 62.3 Å². The Bertz CT molecular complexity index is 903. The zero-order chi connectivity index (χ0) is 20.4. The van der Waals surface area contributed by atoms with Crippen LogP contribution in [-0.2, 0) is 16.0 Å². The minimum Gasteiger partial charge on any atom is -0.480 e. The summed E-state index contributed by atoms with van der Waals surface area (Å²) < 4.78 is 20.0. The van der Waals surface area contributed by atoms with E-state index in [0.29, 0.717) is 11.5 Å². The van der Waals surface area contributed by atoms with Crippen molar-refractivity contribution in [3.05, 3.63) is 35.5 Å². The number of hydrogen-bond acceptors (Lipinski definition) is 5. The van der Waals surface area contributed by atoms with Crippen molar-refractivity contribution in [3.8, 4) is 11.4 Å². The highest BCUT2D eigenvalue weighted by Gasteiger charge is 2.32. The Labute approximate surface area is 167 Å². The highest BCUT2D eigenvalue weighted by Crippen LogP contribution is 2.33. The summed E-state index contributed by atoms with van der Waals surface area (Å²) in [5.74, 6) is -1.04. The standard InChI is InChI=1S/C21H24FN3O4/c22-16-10-12(11-17(21(27)28)23-19(26)13-7-8-13)6-9-15(16)18-24-20(29-25-18)14-4-2-1-3-5-14/h6,9-10,13-14,17H,1-5,7-8,11H2,(H,23,26)(H,27,28). The zero-order valence-corrected chi connectivity index (χ0v) is 16.1. The number of halogens is 1. The molecule has 154 valence electrons. The molecule has 1 heterocycles. The molecule has 2 aliphatic carbocycles. The van der Waals surface area contributed by atoms with Crippen LogP contribution >= 0.6 is 0 Å². The summed E-state index contributed by atoms with van der Waals surface area (Å²) in [6.45, 7) is 0. The molecule has 4 rings (SSSR count). The average molecular weight is 401 g/mol. The van der Waals surface area contributed by atoms with Crippen molar-refractivity contribution >= 4 is 11.9 Å². The minimum absolute atomic E-state index is 0.00453. The quantitative estimate of drug-likeness (QED) is 0.736. The normalized spacial score (nSPS) is 18.4. The second-order valence-corrected chi connectivity index (χ2v) is 7.98. The van der Waals surface area contributed by atoms with Gasteiger partial charge in [-0.1, -0.05) is 30.5 Å². The molecule has 8 heteroatoms. The zero-order valence-electron chi connectivity index (χ0n) is 16.1. The Balaban J connectivity index is 1.46. The highest BCUT2D eigenvalue weighted by atomic mass is 19.1. The Kier molecular flexibility index (Phi) is 5.60. The minimum atomic E-state index is -1.14. The lowest BCUT2D eigenvalue weighted by Gasteiger charge is -2.17. The predicted octanol–water partition coefficient (Wildman–Crippen LogP) is 3.45. The SMILES string of the molecule is O=C(NC(Cc1ccc(-c2noc(C3CCCCC3)n2)c(F)c1)C(=O)O)C1CC1. The van der Waals surface area contributed by atoms with Gasteiger partial charge in [-0.25, -0.2) is 9.18 Å². The van der Waals surface area contributed by atoms with Crippen LogP contribution in [0.2, 0.25) is 0 Å². The van der Waals surface area contributed by atoms with Crippen LogP contribution in [0.4, 0.5) is 4.39 Å². The summed E-state index contributed by atoms with van der Waals surface area (Å²) in [4.78, 5) is 27.7. The molecule has 2 aromatic rings. The van der Waals surface area contributed by atoms with Gasteiger partial charge in [0.05, 0.1) is 5.56 Å². The Hall–Kier alpha value is -2.77. The Morgan fingerprint density at radius 1 is 1.21 bits per heavy atom. The summed E-state index contributed by atoms with van der Waals surface area (Å²) in [5.41, 5.74) is 0.694.